The fraction of sp³-hybridized carbons (Fsp3) is 0.353. The average Bonchev–Trinajstić information content (AvgIpc) is 3.45. The molecule has 2 aliphatic rings. The molecule has 0 spiro atoms. The molecule has 3 aromatic rings. The first-order chi connectivity index (χ1) is 11.2. The molecule has 0 aliphatic heterocycles. The summed E-state index contributed by atoms with van der Waals surface area (Å²) in [7, 11) is 0. The molecule has 0 unspecified atom stereocenters. The Morgan fingerprint density at radius 3 is 2.57 bits per heavy atom. The molecule has 2 aliphatic carbocycles. The Morgan fingerprint density at radius 1 is 1.04 bits per heavy atom. The summed E-state index contributed by atoms with van der Waals surface area (Å²) >= 11 is 0. The van der Waals surface area contributed by atoms with E-state index in [1.165, 1.54) is 12.1 Å². The van der Waals surface area contributed by atoms with Gasteiger partial charge in [-0.15, -0.1) is 0 Å². The Morgan fingerprint density at radius 2 is 1.83 bits per heavy atom. The number of benzene rings is 1. The van der Waals surface area contributed by atoms with Crippen LogP contribution in [0.5, 0.6) is 0 Å². The predicted octanol–water partition coefficient (Wildman–Crippen LogP) is 3.98. The number of rotatable bonds is 3. The van der Waals surface area contributed by atoms with E-state index in [1.807, 2.05) is 4.57 Å². The molecule has 2 aromatic heterocycles. The lowest BCUT2D eigenvalue weighted by Gasteiger charge is -2.10. The van der Waals surface area contributed by atoms with Crippen LogP contribution in [0.2, 0.25) is 0 Å². The highest BCUT2D eigenvalue weighted by Crippen LogP contribution is 2.46. The highest BCUT2D eigenvalue weighted by molar-refractivity contribution is 5.81. The third kappa shape index (κ3) is 2.04. The van der Waals surface area contributed by atoms with Crippen LogP contribution in [0.1, 0.15) is 43.3 Å². The Bertz CT molecular complexity index is 926. The van der Waals surface area contributed by atoms with Crippen molar-refractivity contribution < 1.29 is 8.78 Å². The van der Waals surface area contributed by atoms with Gasteiger partial charge in [-0.3, -0.25) is 0 Å². The van der Waals surface area contributed by atoms with Crippen LogP contribution in [0.25, 0.3) is 22.4 Å². The van der Waals surface area contributed by atoms with E-state index < -0.39 is 11.6 Å². The van der Waals surface area contributed by atoms with E-state index in [2.05, 4.69) is 15.0 Å². The van der Waals surface area contributed by atoms with Gasteiger partial charge in [0, 0.05) is 30.3 Å². The summed E-state index contributed by atoms with van der Waals surface area (Å²) in [5.74, 6) is -0.516. The Labute approximate surface area is 131 Å². The van der Waals surface area contributed by atoms with Gasteiger partial charge in [0.25, 0.3) is 0 Å². The molecule has 0 atom stereocenters. The fourth-order valence-corrected chi connectivity index (χ4v) is 3.18. The molecule has 4 nitrogen and oxygen atoms in total. The summed E-state index contributed by atoms with van der Waals surface area (Å²) in [5, 5.41) is 0. The minimum Gasteiger partial charge on any atom is -0.321 e. The summed E-state index contributed by atoms with van der Waals surface area (Å²) in [4.78, 5) is 13.2. The quantitative estimate of drug-likeness (QED) is 0.734. The van der Waals surface area contributed by atoms with Crippen LogP contribution in [0.15, 0.2) is 24.7 Å². The van der Waals surface area contributed by atoms with E-state index in [4.69, 9.17) is 0 Å². The van der Waals surface area contributed by atoms with Crippen LogP contribution in [0, 0.1) is 11.6 Å². The van der Waals surface area contributed by atoms with Crippen molar-refractivity contribution in [3.63, 3.8) is 0 Å². The summed E-state index contributed by atoms with van der Waals surface area (Å²) in [6.45, 7) is 0. The molecule has 0 N–H and O–H groups in total. The minimum absolute atomic E-state index is 0.298. The lowest BCUT2D eigenvalue weighted by molar-refractivity contribution is 0.510. The van der Waals surface area contributed by atoms with E-state index in [0.29, 0.717) is 23.0 Å². The number of nitrogens with zero attached hydrogens (tertiary/aromatic N) is 4. The van der Waals surface area contributed by atoms with E-state index in [-0.39, 0.29) is 0 Å². The molecule has 0 saturated heterocycles. The molecule has 0 radical (unpaired) electrons. The number of fused-ring (bicyclic) bond motifs is 1. The van der Waals surface area contributed by atoms with Gasteiger partial charge in [0.2, 0.25) is 0 Å². The molecule has 2 heterocycles. The van der Waals surface area contributed by atoms with Crippen LogP contribution in [0.3, 0.4) is 0 Å². The van der Waals surface area contributed by atoms with Crippen molar-refractivity contribution in [2.75, 3.05) is 0 Å². The Kier molecular flexibility index (Phi) is 2.60. The van der Waals surface area contributed by atoms with Gasteiger partial charge in [-0.25, -0.2) is 23.7 Å². The molecule has 1 aromatic carbocycles. The zero-order valence-electron chi connectivity index (χ0n) is 12.3. The molecule has 0 bridgehead atoms. The highest BCUT2D eigenvalue weighted by atomic mass is 19.2. The first-order valence-corrected chi connectivity index (χ1v) is 7.89. The second-order valence-electron chi connectivity index (χ2n) is 6.39. The molecule has 2 saturated carbocycles. The monoisotopic (exact) mass is 312 g/mol. The second kappa shape index (κ2) is 4.57. The first kappa shape index (κ1) is 13.1. The zero-order valence-corrected chi connectivity index (χ0v) is 12.3. The molecule has 116 valence electrons. The van der Waals surface area contributed by atoms with Crippen LogP contribution in [0.4, 0.5) is 8.78 Å². The van der Waals surface area contributed by atoms with Crippen molar-refractivity contribution in [2.45, 2.75) is 37.6 Å². The first-order valence-electron chi connectivity index (χ1n) is 7.89. The average molecular weight is 312 g/mol. The summed E-state index contributed by atoms with van der Waals surface area (Å²) in [6, 6.07) is 2.72. The Hall–Kier alpha value is -2.37. The highest BCUT2D eigenvalue weighted by Gasteiger charge is 2.33. The van der Waals surface area contributed by atoms with Gasteiger partial charge < -0.3 is 4.57 Å². The van der Waals surface area contributed by atoms with E-state index >= 15 is 0 Å². The number of hydrogen-bond donors (Lipinski definition) is 0. The summed E-state index contributed by atoms with van der Waals surface area (Å²) in [6.07, 6.45) is 7.63. The van der Waals surface area contributed by atoms with Gasteiger partial charge >= 0.3 is 0 Å². The van der Waals surface area contributed by atoms with Gasteiger partial charge in [0.05, 0.1) is 22.3 Å². The molecule has 0 amide bonds. The standard InChI is InChI=1S/C17H14F2N4/c18-12-5-14-15(6-13(12)19)23(10-3-4-10)17(22-14)11-7-20-8-21-16(11)9-1-2-9/h5-10H,1-4H2. The van der Waals surface area contributed by atoms with E-state index in [0.717, 1.165) is 42.8 Å². The van der Waals surface area contributed by atoms with Crippen molar-refractivity contribution >= 4 is 11.0 Å². The lowest BCUT2D eigenvalue weighted by Crippen LogP contribution is -2.02. The Balaban J connectivity index is 1.80. The molecule has 2 fully saturated rings. The van der Waals surface area contributed by atoms with E-state index in [9.17, 15) is 8.78 Å². The molecule has 23 heavy (non-hydrogen) atoms. The van der Waals surface area contributed by atoms with Crippen molar-refractivity contribution in [3.8, 4) is 11.4 Å². The zero-order chi connectivity index (χ0) is 15.6. The van der Waals surface area contributed by atoms with Crippen LogP contribution < -0.4 is 0 Å². The largest absolute Gasteiger partial charge is 0.321 e. The molecule has 6 heteroatoms. The maximum atomic E-state index is 13.7. The maximum absolute atomic E-state index is 13.7. The van der Waals surface area contributed by atoms with Gasteiger partial charge in [0.1, 0.15) is 12.2 Å². The van der Waals surface area contributed by atoms with Gasteiger partial charge in [-0.1, -0.05) is 0 Å². The van der Waals surface area contributed by atoms with Crippen LogP contribution in [-0.4, -0.2) is 19.5 Å². The number of hydrogen-bond acceptors (Lipinski definition) is 3. The third-order valence-corrected chi connectivity index (χ3v) is 4.59. The molecule has 5 rings (SSSR count). The molecular formula is C17H14F2N4. The SMILES string of the molecule is Fc1cc2nc(-c3cncnc3C3CC3)n(C3CC3)c2cc1F. The maximum Gasteiger partial charge on any atom is 0.161 e. The predicted molar refractivity (Wildman–Crippen MR) is 80.9 cm³/mol. The minimum atomic E-state index is -0.865. The second-order valence-corrected chi connectivity index (χ2v) is 6.39. The van der Waals surface area contributed by atoms with Crippen LogP contribution >= 0.6 is 0 Å². The van der Waals surface area contributed by atoms with Crippen molar-refractivity contribution in [3.05, 3.63) is 42.0 Å². The lowest BCUT2D eigenvalue weighted by atomic mass is 10.1. The normalized spacial score (nSPS) is 17.8. The van der Waals surface area contributed by atoms with Crippen LogP contribution in [-0.2, 0) is 0 Å². The van der Waals surface area contributed by atoms with E-state index in [1.54, 1.807) is 12.5 Å². The topological polar surface area (TPSA) is 43.6 Å². The van der Waals surface area contributed by atoms with Gasteiger partial charge in [-0.05, 0) is 25.7 Å². The smallest absolute Gasteiger partial charge is 0.161 e. The fourth-order valence-electron chi connectivity index (χ4n) is 3.18. The van der Waals surface area contributed by atoms with Crippen molar-refractivity contribution in [2.24, 2.45) is 0 Å². The number of imidazole rings is 1. The molecular weight excluding hydrogens is 298 g/mol. The third-order valence-electron chi connectivity index (χ3n) is 4.59. The van der Waals surface area contributed by atoms with Gasteiger partial charge in [-0.2, -0.15) is 0 Å². The van der Waals surface area contributed by atoms with Crippen molar-refractivity contribution in [1.29, 1.82) is 0 Å². The van der Waals surface area contributed by atoms with Gasteiger partial charge in [0.15, 0.2) is 11.6 Å². The summed E-state index contributed by atoms with van der Waals surface area (Å²) in [5.41, 5.74) is 3.01. The van der Waals surface area contributed by atoms with Crippen molar-refractivity contribution in [1.82, 2.24) is 19.5 Å². The summed E-state index contributed by atoms with van der Waals surface area (Å²) < 4.78 is 29.3. The number of aromatic nitrogens is 4. The number of halogens is 2.